The van der Waals surface area contributed by atoms with Gasteiger partial charge in [-0.2, -0.15) is 0 Å². The van der Waals surface area contributed by atoms with E-state index >= 15 is 0 Å². The van der Waals surface area contributed by atoms with E-state index in [1.54, 1.807) is 27.0 Å². The molecule has 0 N–H and O–H groups in total. The molecule has 1 fully saturated rings. The Labute approximate surface area is 217 Å². The Kier molecular flexibility index (Phi) is 9.19. The van der Waals surface area contributed by atoms with E-state index in [0.717, 1.165) is 37.1 Å². The van der Waals surface area contributed by atoms with Gasteiger partial charge in [-0.15, -0.1) is 0 Å². The largest absolute Gasteiger partial charge is 0.496 e. The average molecular weight is 516 g/mol. The third-order valence-electron chi connectivity index (χ3n) is 7.47. The van der Waals surface area contributed by atoms with Crippen molar-refractivity contribution < 1.29 is 17.9 Å². The number of nitrogens with zero attached hydrogens (tertiary/aromatic N) is 3. The number of rotatable bonds is 10. The molecule has 0 saturated carbocycles. The number of carbonyl (C=O) groups is 1. The SMILES string of the molecule is COc1cc(C)c(S(=O)(=O)N(C)CCC(=O)Cc2ccc(N3CCC(N(C)C)CC3)cc2)c(C)c1C. The molecule has 0 radical (unpaired) electrons. The molecule has 1 heterocycles. The normalized spacial score (nSPS) is 15.1. The van der Waals surface area contributed by atoms with Crippen LogP contribution in [-0.2, 0) is 21.2 Å². The third kappa shape index (κ3) is 6.28. The van der Waals surface area contributed by atoms with Crippen LogP contribution >= 0.6 is 0 Å². The standard InChI is InChI=1S/C28H41N3O4S/c1-20-18-27(35-7)21(2)22(3)28(20)36(33,34)30(6)15-14-26(32)19-23-8-10-25(11-9-23)31-16-12-24(13-17-31)29(4)5/h8-11,18,24H,12-17,19H2,1-7H3. The van der Waals surface area contributed by atoms with Gasteiger partial charge in [-0.05, 0) is 88.2 Å². The molecule has 2 aromatic carbocycles. The van der Waals surface area contributed by atoms with Crippen molar-refractivity contribution in [3.8, 4) is 5.75 Å². The average Bonchev–Trinajstić information content (AvgIpc) is 2.85. The first-order valence-electron chi connectivity index (χ1n) is 12.6. The molecule has 0 unspecified atom stereocenters. The van der Waals surface area contributed by atoms with Crippen molar-refractivity contribution in [1.82, 2.24) is 9.21 Å². The molecule has 0 atom stereocenters. The molecule has 0 aromatic heterocycles. The number of hydrogen-bond acceptors (Lipinski definition) is 6. The van der Waals surface area contributed by atoms with Crippen molar-refractivity contribution >= 4 is 21.5 Å². The summed E-state index contributed by atoms with van der Waals surface area (Å²) in [6.45, 7) is 7.64. The van der Waals surface area contributed by atoms with E-state index in [2.05, 4.69) is 36.0 Å². The lowest BCUT2D eigenvalue weighted by atomic mass is 10.0. The van der Waals surface area contributed by atoms with Crippen molar-refractivity contribution in [3.05, 3.63) is 52.6 Å². The number of benzene rings is 2. The molecule has 7 nitrogen and oxygen atoms in total. The highest BCUT2D eigenvalue weighted by Crippen LogP contribution is 2.32. The molecular weight excluding hydrogens is 474 g/mol. The first kappa shape index (κ1) is 28.2. The number of anilines is 1. The number of Topliss-reactive ketones (excluding diaryl/α,β-unsaturated/α-hetero) is 1. The summed E-state index contributed by atoms with van der Waals surface area (Å²) in [5.74, 6) is 0.696. The van der Waals surface area contributed by atoms with Gasteiger partial charge in [0.2, 0.25) is 10.0 Å². The van der Waals surface area contributed by atoms with Gasteiger partial charge in [0.05, 0.1) is 12.0 Å². The number of carbonyl (C=O) groups excluding carboxylic acids is 1. The van der Waals surface area contributed by atoms with Crippen LogP contribution in [0.1, 0.15) is 41.5 Å². The zero-order valence-electron chi connectivity index (χ0n) is 22.8. The summed E-state index contributed by atoms with van der Waals surface area (Å²) in [5, 5.41) is 0. The minimum Gasteiger partial charge on any atom is -0.496 e. The summed E-state index contributed by atoms with van der Waals surface area (Å²) in [6.07, 6.45) is 2.77. The van der Waals surface area contributed by atoms with Crippen LogP contribution in [-0.4, -0.2) is 77.3 Å². The Morgan fingerprint density at radius 1 is 1.03 bits per heavy atom. The van der Waals surface area contributed by atoms with E-state index < -0.39 is 10.0 Å². The van der Waals surface area contributed by atoms with Crippen LogP contribution in [0.5, 0.6) is 5.75 Å². The molecule has 36 heavy (non-hydrogen) atoms. The molecule has 3 rings (SSSR count). The Balaban J connectivity index is 1.57. The number of methoxy groups -OCH3 is 1. The van der Waals surface area contributed by atoms with Crippen LogP contribution in [0.25, 0.3) is 0 Å². The second-order valence-electron chi connectivity index (χ2n) is 10.1. The molecular formula is C28H41N3O4S. The zero-order valence-corrected chi connectivity index (χ0v) is 23.6. The number of hydrogen-bond donors (Lipinski definition) is 0. The number of sulfonamides is 1. The van der Waals surface area contributed by atoms with E-state index in [-0.39, 0.29) is 18.7 Å². The Bertz CT molecular complexity index is 1170. The van der Waals surface area contributed by atoms with Crippen molar-refractivity contribution in [2.45, 2.75) is 57.4 Å². The van der Waals surface area contributed by atoms with Gasteiger partial charge in [0.15, 0.2) is 0 Å². The minimum absolute atomic E-state index is 0.0240. The molecule has 1 saturated heterocycles. The summed E-state index contributed by atoms with van der Waals surface area (Å²) in [6, 6.07) is 10.6. The smallest absolute Gasteiger partial charge is 0.243 e. The van der Waals surface area contributed by atoms with Gasteiger partial charge in [0, 0.05) is 51.3 Å². The molecule has 2 aromatic rings. The van der Waals surface area contributed by atoms with Gasteiger partial charge in [-0.1, -0.05) is 12.1 Å². The first-order chi connectivity index (χ1) is 16.9. The number of ether oxygens (including phenoxy) is 1. The van der Waals surface area contributed by atoms with Gasteiger partial charge >= 0.3 is 0 Å². The third-order valence-corrected chi connectivity index (χ3v) is 9.62. The van der Waals surface area contributed by atoms with Crippen LogP contribution in [0.4, 0.5) is 5.69 Å². The van der Waals surface area contributed by atoms with Crippen molar-refractivity contribution in [1.29, 1.82) is 0 Å². The molecule has 0 aliphatic carbocycles. The van der Waals surface area contributed by atoms with Gasteiger partial charge < -0.3 is 14.5 Å². The van der Waals surface area contributed by atoms with Crippen LogP contribution in [0.2, 0.25) is 0 Å². The van der Waals surface area contributed by atoms with Crippen LogP contribution in [0.3, 0.4) is 0 Å². The second-order valence-corrected chi connectivity index (χ2v) is 12.1. The molecule has 1 aliphatic heterocycles. The Morgan fingerprint density at radius 3 is 2.19 bits per heavy atom. The number of piperidine rings is 1. The lowest BCUT2D eigenvalue weighted by Crippen LogP contribution is -2.41. The first-order valence-corrected chi connectivity index (χ1v) is 14.0. The monoisotopic (exact) mass is 515 g/mol. The van der Waals surface area contributed by atoms with Crippen LogP contribution in [0, 0.1) is 20.8 Å². The lowest BCUT2D eigenvalue weighted by Gasteiger charge is -2.36. The summed E-state index contributed by atoms with van der Waals surface area (Å²) in [4.78, 5) is 17.7. The maximum absolute atomic E-state index is 13.3. The predicted octanol–water partition coefficient (Wildman–Crippen LogP) is 3.97. The molecule has 0 bridgehead atoms. The van der Waals surface area contributed by atoms with Crippen molar-refractivity contribution in [2.24, 2.45) is 0 Å². The predicted molar refractivity (Wildman–Crippen MR) is 146 cm³/mol. The second kappa shape index (κ2) is 11.8. The van der Waals surface area contributed by atoms with E-state index in [1.807, 2.05) is 19.1 Å². The van der Waals surface area contributed by atoms with E-state index in [4.69, 9.17) is 4.74 Å². The molecule has 8 heteroatoms. The fourth-order valence-corrected chi connectivity index (χ4v) is 6.62. The van der Waals surface area contributed by atoms with Crippen molar-refractivity contribution in [3.63, 3.8) is 0 Å². The summed E-state index contributed by atoms with van der Waals surface area (Å²) < 4.78 is 33.3. The van der Waals surface area contributed by atoms with E-state index in [1.165, 1.54) is 17.0 Å². The van der Waals surface area contributed by atoms with Gasteiger partial charge in [-0.25, -0.2) is 12.7 Å². The van der Waals surface area contributed by atoms with Gasteiger partial charge in [0.1, 0.15) is 11.5 Å². The highest BCUT2D eigenvalue weighted by molar-refractivity contribution is 7.89. The van der Waals surface area contributed by atoms with Crippen LogP contribution < -0.4 is 9.64 Å². The quantitative estimate of drug-likeness (QED) is 0.477. The fraction of sp³-hybridized carbons (Fsp3) is 0.536. The van der Waals surface area contributed by atoms with E-state index in [0.29, 0.717) is 34.2 Å². The van der Waals surface area contributed by atoms with E-state index in [9.17, 15) is 13.2 Å². The molecule has 0 spiro atoms. The highest BCUT2D eigenvalue weighted by atomic mass is 32.2. The maximum atomic E-state index is 13.3. The maximum Gasteiger partial charge on any atom is 0.243 e. The van der Waals surface area contributed by atoms with Gasteiger partial charge in [-0.3, -0.25) is 4.79 Å². The topological polar surface area (TPSA) is 70.2 Å². The fourth-order valence-electron chi connectivity index (χ4n) is 4.97. The zero-order chi connectivity index (χ0) is 26.6. The highest BCUT2D eigenvalue weighted by Gasteiger charge is 2.27. The number of aryl methyl sites for hydroxylation is 1. The summed E-state index contributed by atoms with van der Waals surface area (Å²) >= 11 is 0. The summed E-state index contributed by atoms with van der Waals surface area (Å²) in [5.41, 5.74) is 4.26. The van der Waals surface area contributed by atoms with Crippen LogP contribution in [0.15, 0.2) is 35.2 Å². The van der Waals surface area contributed by atoms with Gasteiger partial charge in [0.25, 0.3) is 0 Å². The summed E-state index contributed by atoms with van der Waals surface area (Å²) in [7, 11) is 3.67. The minimum atomic E-state index is -3.73. The molecule has 1 aliphatic rings. The number of ketones is 1. The Hall–Kier alpha value is -2.42. The molecule has 0 amide bonds. The lowest BCUT2D eigenvalue weighted by molar-refractivity contribution is -0.118. The Morgan fingerprint density at radius 2 is 1.64 bits per heavy atom. The molecule has 198 valence electrons. The van der Waals surface area contributed by atoms with Crippen molar-refractivity contribution in [2.75, 3.05) is 52.8 Å².